The Hall–Kier alpha value is -2.14. The number of nitrogens with zero attached hydrogens (tertiary/aromatic N) is 4. The average Bonchev–Trinajstić information content (AvgIpc) is 2.90. The monoisotopic (exact) mass is 256 g/mol. The first-order chi connectivity index (χ1) is 9.11. The molecule has 0 saturated carbocycles. The van der Waals surface area contributed by atoms with Crippen molar-refractivity contribution in [2.75, 3.05) is 0 Å². The van der Waals surface area contributed by atoms with Crippen molar-refractivity contribution in [2.45, 2.75) is 13.5 Å². The van der Waals surface area contributed by atoms with Gasteiger partial charge in [-0.3, -0.25) is 4.68 Å². The van der Waals surface area contributed by atoms with Crippen LogP contribution in [0.1, 0.15) is 11.4 Å². The number of aliphatic hydroxyl groups is 1. The van der Waals surface area contributed by atoms with Gasteiger partial charge in [-0.15, -0.1) is 0 Å². The fraction of sp³-hybridized carbons (Fsp3) is 0.286. The van der Waals surface area contributed by atoms with Gasteiger partial charge >= 0.3 is 0 Å². The molecule has 0 spiro atoms. The van der Waals surface area contributed by atoms with Gasteiger partial charge in [0.2, 0.25) is 0 Å². The van der Waals surface area contributed by atoms with E-state index in [4.69, 9.17) is 0 Å². The summed E-state index contributed by atoms with van der Waals surface area (Å²) < 4.78 is 3.80. The number of fused-ring (bicyclic) bond motifs is 1. The first kappa shape index (κ1) is 11.9. The molecule has 1 N–H and O–H groups in total. The minimum atomic E-state index is -0.0503. The highest BCUT2D eigenvalue weighted by atomic mass is 16.3. The molecule has 0 amide bonds. The predicted molar refractivity (Wildman–Crippen MR) is 73.6 cm³/mol. The SMILES string of the molecule is Cc1cnn(C)c1-c1ccc2nc(CO)n(C)c2c1. The van der Waals surface area contributed by atoms with Crippen LogP contribution < -0.4 is 0 Å². The normalized spacial score (nSPS) is 11.4. The molecule has 2 heterocycles. The van der Waals surface area contributed by atoms with Crippen LogP contribution in [0.5, 0.6) is 0 Å². The largest absolute Gasteiger partial charge is 0.388 e. The Balaban J connectivity index is 2.24. The molecule has 5 nitrogen and oxygen atoms in total. The van der Waals surface area contributed by atoms with Gasteiger partial charge in [-0.25, -0.2) is 4.98 Å². The highest BCUT2D eigenvalue weighted by molar-refractivity contribution is 5.82. The third kappa shape index (κ3) is 1.74. The van der Waals surface area contributed by atoms with E-state index >= 15 is 0 Å². The summed E-state index contributed by atoms with van der Waals surface area (Å²) in [6.45, 7) is 2.00. The van der Waals surface area contributed by atoms with Crippen LogP contribution in [0.2, 0.25) is 0 Å². The van der Waals surface area contributed by atoms with E-state index in [9.17, 15) is 5.11 Å². The van der Waals surface area contributed by atoms with Gasteiger partial charge in [-0.05, 0) is 24.6 Å². The molecule has 2 aromatic heterocycles. The van der Waals surface area contributed by atoms with Crippen molar-refractivity contribution in [3.05, 3.63) is 35.8 Å². The first-order valence-corrected chi connectivity index (χ1v) is 6.17. The van der Waals surface area contributed by atoms with E-state index in [1.165, 1.54) is 0 Å². The Morgan fingerprint density at radius 3 is 2.68 bits per heavy atom. The summed E-state index contributed by atoms with van der Waals surface area (Å²) in [5.74, 6) is 0.675. The number of rotatable bonds is 2. The maximum Gasteiger partial charge on any atom is 0.135 e. The van der Waals surface area contributed by atoms with Gasteiger partial charge in [0.25, 0.3) is 0 Å². The lowest BCUT2D eigenvalue weighted by Gasteiger charge is -2.05. The van der Waals surface area contributed by atoms with Crippen LogP contribution in [0.3, 0.4) is 0 Å². The topological polar surface area (TPSA) is 55.9 Å². The molecule has 0 unspecified atom stereocenters. The second-order valence-corrected chi connectivity index (χ2v) is 4.75. The lowest BCUT2D eigenvalue weighted by Crippen LogP contribution is -1.97. The summed E-state index contributed by atoms with van der Waals surface area (Å²) in [5, 5.41) is 13.5. The molecule has 19 heavy (non-hydrogen) atoms. The van der Waals surface area contributed by atoms with Crippen LogP contribution in [0.4, 0.5) is 0 Å². The minimum absolute atomic E-state index is 0.0503. The van der Waals surface area contributed by atoms with E-state index in [2.05, 4.69) is 23.1 Å². The third-order valence-corrected chi connectivity index (χ3v) is 3.51. The number of aromatic nitrogens is 4. The Labute approximate surface area is 111 Å². The van der Waals surface area contributed by atoms with E-state index in [1.807, 2.05) is 41.7 Å². The second kappa shape index (κ2) is 4.20. The molecule has 0 bridgehead atoms. The zero-order chi connectivity index (χ0) is 13.6. The fourth-order valence-corrected chi connectivity index (χ4v) is 2.49. The van der Waals surface area contributed by atoms with Crippen LogP contribution in [-0.4, -0.2) is 24.4 Å². The van der Waals surface area contributed by atoms with Crippen LogP contribution in [0, 0.1) is 6.92 Å². The summed E-state index contributed by atoms with van der Waals surface area (Å²) in [4.78, 5) is 4.39. The summed E-state index contributed by atoms with van der Waals surface area (Å²) in [5.41, 5.74) is 5.27. The molecule has 1 aromatic carbocycles. The van der Waals surface area contributed by atoms with Gasteiger partial charge in [-0.1, -0.05) is 6.07 Å². The van der Waals surface area contributed by atoms with Crippen molar-refractivity contribution in [1.82, 2.24) is 19.3 Å². The summed E-state index contributed by atoms with van der Waals surface area (Å²) in [6.07, 6.45) is 1.86. The Morgan fingerprint density at radius 2 is 2.05 bits per heavy atom. The number of hydrogen-bond acceptors (Lipinski definition) is 3. The molecule has 98 valence electrons. The van der Waals surface area contributed by atoms with Crippen molar-refractivity contribution in [3.8, 4) is 11.3 Å². The van der Waals surface area contributed by atoms with Crippen molar-refractivity contribution < 1.29 is 5.11 Å². The number of aliphatic hydroxyl groups excluding tert-OH is 1. The lowest BCUT2D eigenvalue weighted by atomic mass is 10.1. The maximum atomic E-state index is 9.26. The van der Waals surface area contributed by atoms with Crippen molar-refractivity contribution in [1.29, 1.82) is 0 Å². The number of hydrogen-bond donors (Lipinski definition) is 1. The molecule has 0 radical (unpaired) electrons. The molecule has 0 aliphatic heterocycles. The molecule has 3 aromatic rings. The molecule has 0 aliphatic carbocycles. The molecule has 0 atom stereocenters. The van der Waals surface area contributed by atoms with Gasteiger partial charge in [0, 0.05) is 19.7 Å². The van der Waals surface area contributed by atoms with Crippen LogP contribution >= 0.6 is 0 Å². The maximum absolute atomic E-state index is 9.26. The summed E-state index contributed by atoms with van der Waals surface area (Å²) in [6, 6.07) is 6.11. The standard InChI is InChI=1S/C14H16N4O/c1-9-7-15-18(3)14(9)10-4-5-11-12(6-10)17(2)13(8-19)16-11/h4-7,19H,8H2,1-3H3. The molecule has 0 aliphatic rings. The van der Waals surface area contributed by atoms with E-state index in [0.717, 1.165) is 27.9 Å². The van der Waals surface area contributed by atoms with Crippen LogP contribution in [0.15, 0.2) is 24.4 Å². The third-order valence-electron chi connectivity index (χ3n) is 3.51. The number of imidazole rings is 1. The Morgan fingerprint density at radius 1 is 1.26 bits per heavy atom. The highest BCUT2D eigenvalue weighted by Gasteiger charge is 2.11. The van der Waals surface area contributed by atoms with Gasteiger partial charge in [0.05, 0.1) is 22.9 Å². The molecular weight excluding hydrogens is 240 g/mol. The Kier molecular flexibility index (Phi) is 2.64. The number of benzene rings is 1. The predicted octanol–water partition coefficient (Wildman–Crippen LogP) is 1.77. The van der Waals surface area contributed by atoms with Crippen LogP contribution in [0.25, 0.3) is 22.3 Å². The zero-order valence-electron chi connectivity index (χ0n) is 11.3. The molecular formula is C14H16N4O. The van der Waals surface area contributed by atoms with Crippen LogP contribution in [-0.2, 0) is 20.7 Å². The fourth-order valence-electron chi connectivity index (χ4n) is 2.49. The second-order valence-electron chi connectivity index (χ2n) is 4.75. The molecule has 0 fully saturated rings. The highest BCUT2D eigenvalue weighted by Crippen LogP contribution is 2.26. The smallest absolute Gasteiger partial charge is 0.135 e. The average molecular weight is 256 g/mol. The van der Waals surface area contributed by atoms with Gasteiger partial charge in [-0.2, -0.15) is 5.10 Å². The Bertz CT molecular complexity index is 735. The van der Waals surface area contributed by atoms with Gasteiger partial charge in [0.1, 0.15) is 12.4 Å². The van der Waals surface area contributed by atoms with Crippen molar-refractivity contribution in [2.24, 2.45) is 14.1 Å². The minimum Gasteiger partial charge on any atom is -0.388 e. The molecule has 5 heteroatoms. The van der Waals surface area contributed by atoms with E-state index in [1.54, 1.807) is 0 Å². The summed E-state index contributed by atoms with van der Waals surface area (Å²) in [7, 11) is 3.86. The van der Waals surface area contributed by atoms with Crippen molar-refractivity contribution in [3.63, 3.8) is 0 Å². The van der Waals surface area contributed by atoms with Gasteiger partial charge in [0.15, 0.2) is 0 Å². The lowest BCUT2D eigenvalue weighted by molar-refractivity contribution is 0.268. The quantitative estimate of drug-likeness (QED) is 0.760. The zero-order valence-corrected chi connectivity index (χ0v) is 11.3. The molecule has 3 rings (SSSR count). The van der Waals surface area contributed by atoms with E-state index < -0.39 is 0 Å². The first-order valence-electron chi connectivity index (χ1n) is 6.17. The van der Waals surface area contributed by atoms with E-state index in [-0.39, 0.29) is 6.61 Å². The van der Waals surface area contributed by atoms with E-state index in [0.29, 0.717) is 5.82 Å². The summed E-state index contributed by atoms with van der Waals surface area (Å²) >= 11 is 0. The van der Waals surface area contributed by atoms with Gasteiger partial charge < -0.3 is 9.67 Å². The number of aryl methyl sites for hydroxylation is 3. The molecule has 0 saturated heterocycles. The van der Waals surface area contributed by atoms with Crippen molar-refractivity contribution >= 4 is 11.0 Å².